The third-order valence-corrected chi connectivity index (χ3v) is 1.76. The summed E-state index contributed by atoms with van der Waals surface area (Å²) >= 11 is 4.87. The molecule has 1 aliphatic heterocycles. The third-order valence-electron chi connectivity index (χ3n) is 1.39. The molecular formula is C5H11N2S. The molecule has 0 bridgehead atoms. The highest BCUT2D eigenvalue weighted by atomic mass is 32.1. The third kappa shape index (κ3) is 1.65. The average Bonchev–Trinajstić information content (AvgIpc) is 1.90. The van der Waals surface area contributed by atoms with E-state index < -0.39 is 0 Å². The zero-order chi connectivity index (χ0) is 5.82. The van der Waals surface area contributed by atoms with E-state index in [1.165, 1.54) is 0 Å². The Labute approximate surface area is 55.7 Å². The number of hydrogen-bond acceptors (Lipinski definition) is 2. The summed E-state index contributed by atoms with van der Waals surface area (Å²) in [4.78, 5) is 2.27. The van der Waals surface area contributed by atoms with Gasteiger partial charge in [0.05, 0.1) is 5.88 Å². The summed E-state index contributed by atoms with van der Waals surface area (Å²) in [5.41, 5.74) is 0. The van der Waals surface area contributed by atoms with E-state index in [0.717, 1.165) is 32.1 Å². The summed E-state index contributed by atoms with van der Waals surface area (Å²) in [5.74, 6) is 0.793. The van der Waals surface area contributed by atoms with E-state index in [0.29, 0.717) is 0 Å². The Balaban J connectivity index is 2.13. The molecule has 1 aliphatic rings. The number of hydrogen-bond donors (Lipinski definition) is 1. The first-order chi connectivity index (χ1) is 3.93. The van der Waals surface area contributed by atoms with Gasteiger partial charge in [-0.1, -0.05) is 12.6 Å². The Hall–Kier alpha value is 0.270. The van der Waals surface area contributed by atoms with Crippen LogP contribution in [-0.4, -0.2) is 37.0 Å². The molecular weight excluding hydrogens is 120 g/mol. The number of nitrogens with one attached hydrogen (secondary N) is 1. The zero-order valence-corrected chi connectivity index (χ0v) is 5.71. The maximum absolute atomic E-state index is 4.87. The van der Waals surface area contributed by atoms with Crippen LogP contribution in [0.15, 0.2) is 0 Å². The predicted octanol–water partition coefficient (Wildman–Crippen LogP) is 0.0466. The first kappa shape index (κ1) is 6.39. The average molecular weight is 131 g/mol. The van der Waals surface area contributed by atoms with Gasteiger partial charge in [0, 0.05) is 26.2 Å². The summed E-state index contributed by atoms with van der Waals surface area (Å²) in [7, 11) is 0. The lowest BCUT2D eigenvalue weighted by Gasteiger charge is -2.24. The Kier molecular flexibility index (Phi) is 2.66. The largest absolute Gasteiger partial charge is 0.314 e. The summed E-state index contributed by atoms with van der Waals surface area (Å²) < 4.78 is 0. The highest BCUT2D eigenvalue weighted by Crippen LogP contribution is 1.91. The van der Waals surface area contributed by atoms with Crippen LogP contribution in [0.4, 0.5) is 0 Å². The van der Waals surface area contributed by atoms with Crippen LogP contribution in [-0.2, 0) is 0 Å². The fraction of sp³-hybridized carbons (Fsp3) is 1.00. The lowest BCUT2D eigenvalue weighted by molar-refractivity contribution is 0.281. The van der Waals surface area contributed by atoms with Gasteiger partial charge in [0.25, 0.3) is 0 Å². The topological polar surface area (TPSA) is 15.3 Å². The molecule has 1 rings (SSSR count). The van der Waals surface area contributed by atoms with Gasteiger partial charge < -0.3 is 5.32 Å². The number of nitrogens with zero attached hydrogens (tertiary/aromatic N) is 1. The highest BCUT2D eigenvalue weighted by Gasteiger charge is 2.05. The maximum Gasteiger partial charge on any atom is 0.0550 e. The van der Waals surface area contributed by atoms with E-state index in [9.17, 15) is 0 Å². The fourth-order valence-electron chi connectivity index (χ4n) is 0.840. The maximum atomic E-state index is 4.87. The van der Waals surface area contributed by atoms with E-state index in [1.807, 2.05) is 0 Å². The minimum Gasteiger partial charge on any atom is -0.314 e. The summed E-state index contributed by atoms with van der Waals surface area (Å²) in [6.45, 7) is 4.47. The van der Waals surface area contributed by atoms with Crippen LogP contribution >= 0.6 is 12.6 Å². The fourth-order valence-corrected chi connectivity index (χ4v) is 1.10. The van der Waals surface area contributed by atoms with Crippen molar-refractivity contribution in [1.29, 1.82) is 0 Å². The minimum atomic E-state index is 0.793. The monoisotopic (exact) mass is 131 g/mol. The van der Waals surface area contributed by atoms with Crippen molar-refractivity contribution >= 4 is 12.6 Å². The van der Waals surface area contributed by atoms with E-state index in [4.69, 9.17) is 12.6 Å². The Morgan fingerprint density at radius 3 is 2.38 bits per heavy atom. The van der Waals surface area contributed by atoms with Crippen molar-refractivity contribution in [2.75, 3.05) is 32.1 Å². The minimum absolute atomic E-state index is 0.793. The first-order valence-electron chi connectivity index (χ1n) is 2.94. The first-order valence-corrected chi connectivity index (χ1v) is 3.52. The van der Waals surface area contributed by atoms with Gasteiger partial charge in [-0.25, -0.2) is 0 Å². The van der Waals surface area contributed by atoms with Gasteiger partial charge in [-0.15, -0.1) is 0 Å². The van der Waals surface area contributed by atoms with Crippen molar-refractivity contribution in [3.63, 3.8) is 0 Å². The van der Waals surface area contributed by atoms with Gasteiger partial charge in [0.1, 0.15) is 0 Å². The standard InChI is InChI=1S/C5H11N2S/c8-5-7-3-1-6-2-4-7/h6H,1-5H2. The zero-order valence-electron chi connectivity index (χ0n) is 4.89. The van der Waals surface area contributed by atoms with Gasteiger partial charge >= 0.3 is 0 Å². The van der Waals surface area contributed by atoms with E-state index in [-0.39, 0.29) is 0 Å². The van der Waals surface area contributed by atoms with Gasteiger partial charge in [-0.3, -0.25) is 4.90 Å². The highest BCUT2D eigenvalue weighted by molar-refractivity contribution is 7.80. The smallest absolute Gasteiger partial charge is 0.0550 e. The molecule has 0 saturated carbocycles. The molecule has 0 atom stereocenters. The van der Waals surface area contributed by atoms with Gasteiger partial charge in [0.15, 0.2) is 0 Å². The van der Waals surface area contributed by atoms with Gasteiger partial charge in [0.2, 0.25) is 0 Å². The number of piperazine rings is 1. The molecule has 0 spiro atoms. The second-order valence-electron chi connectivity index (χ2n) is 2.00. The summed E-state index contributed by atoms with van der Waals surface area (Å²) in [6.07, 6.45) is 0. The molecule has 3 heteroatoms. The Morgan fingerprint density at radius 2 is 2.00 bits per heavy atom. The molecule has 0 aromatic carbocycles. The molecule has 1 saturated heterocycles. The molecule has 1 fully saturated rings. The van der Waals surface area contributed by atoms with Crippen molar-refractivity contribution in [3.8, 4) is 0 Å². The normalized spacial score (nSPS) is 23.6. The lowest BCUT2D eigenvalue weighted by Crippen LogP contribution is -2.42. The van der Waals surface area contributed by atoms with Crippen molar-refractivity contribution in [1.82, 2.24) is 10.2 Å². The van der Waals surface area contributed by atoms with Gasteiger partial charge in [-0.05, 0) is 0 Å². The number of rotatable bonds is 1. The lowest BCUT2D eigenvalue weighted by atomic mass is 10.4. The molecule has 0 aliphatic carbocycles. The van der Waals surface area contributed by atoms with Crippen LogP contribution in [0.1, 0.15) is 0 Å². The molecule has 0 amide bonds. The molecule has 0 unspecified atom stereocenters. The van der Waals surface area contributed by atoms with E-state index in [1.54, 1.807) is 0 Å². The Bertz CT molecular complexity index is 61.4. The predicted molar refractivity (Wildman–Crippen MR) is 36.9 cm³/mol. The van der Waals surface area contributed by atoms with E-state index >= 15 is 0 Å². The van der Waals surface area contributed by atoms with Crippen LogP contribution in [0.25, 0.3) is 0 Å². The molecule has 0 aromatic rings. The van der Waals surface area contributed by atoms with Crippen LogP contribution in [0.2, 0.25) is 0 Å². The van der Waals surface area contributed by atoms with Crippen molar-refractivity contribution in [2.24, 2.45) is 0 Å². The molecule has 1 N–H and O–H groups in total. The molecule has 2 nitrogen and oxygen atoms in total. The van der Waals surface area contributed by atoms with Crippen molar-refractivity contribution in [2.45, 2.75) is 0 Å². The van der Waals surface area contributed by atoms with Crippen molar-refractivity contribution in [3.05, 3.63) is 0 Å². The summed E-state index contributed by atoms with van der Waals surface area (Å²) in [6, 6.07) is 0. The molecule has 1 radical (unpaired) electrons. The second-order valence-corrected chi connectivity index (χ2v) is 2.26. The quantitative estimate of drug-likeness (QED) is 0.541. The molecule has 1 heterocycles. The van der Waals surface area contributed by atoms with E-state index in [2.05, 4.69) is 10.2 Å². The second kappa shape index (κ2) is 3.33. The molecule has 0 aromatic heterocycles. The SMILES string of the molecule is [S]CN1CCNCC1. The van der Waals surface area contributed by atoms with Crippen LogP contribution in [0.5, 0.6) is 0 Å². The summed E-state index contributed by atoms with van der Waals surface area (Å²) in [5, 5.41) is 3.26. The molecule has 47 valence electrons. The van der Waals surface area contributed by atoms with Crippen molar-refractivity contribution < 1.29 is 0 Å². The molecule has 8 heavy (non-hydrogen) atoms. The van der Waals surface area contributed by atoms with Crippen LogP contribution in [0.3, 0.4) is 0 Å². The van der Waals surface area contributed by atoms with Crippen LogP contribution < -0.4 is 5.32 Å². The Morgan fingerprint density at radius 1 is 1.38 bits per heavy atom. The van der Waals surface area contributed by atoms with Gasteiger partial charge in [-0.2, -0.15) is 0 Å². The van der Waals surface area contributed by atoms with Crippen LogP contribution in [0, 0.1) is 0 Å².